The average molecular weight is 217 g/mol. The third-order valence-electron chi connectivity index (χ3n) is 3.75. The number of rotatable bonds is 4. The molecule has 1 aliphatic heterocycles. The molecule has 1 heterocycles. The molecular weight excluding hydrogens is 198 g/mol. The highest BCUT2D eigenvalue weighted by Gasteiger charge is 2.33. The number of benzene rings is 1. The van der Waals surface area contributed by atoms with Crippen LogP contribution in [0.15, 0.2) is 24.3 Å². The van der Waals surface area contributed by atoms with Crippen molar-refractivity contribution < 1.29 is 4.74 Å². The summed E-state index contributed by atoms with van der Waals surface area (Å²) in [7, 11) is 0. The summed E-state index contributed by atoms with van der Waals surface area (Å²) in [5, 5.41) is 3.76. The summed E-state index contributed by atoms with van der Waals surface area (Å²) in [6.45, 7) is 3.07. The molecule has 0 spiro atoms. The van der Waals surface area contributed by atoms with Crippen LogP contribution in [0.1, 0.15) is 37.8 Å². The Hall–Kier alpha value is -1.02. The molecule has 3 rings (SSSR count). The number of fused-ring (bicyclic) bond motifs is 1. The first-order valence-corrected chi connectivity index (χ1v) is 6.36. The van der Waals surface area contributed by atoms with Crippen molar-refractivity contribution in [1.82, 2.24) is 5.32 Å². The van der Waals surface area contributed by atoms with E-state index in [1.54, 1.807) is 0 Å². The maximum atomic E-state index is 5.69. The number of hydrogen-bond donors (Lipinski definition) is 1. The van der Waals surface area contributed by atoms with Gasteiger partial charge in [0.1, 0.15) is 12.4 Å². The van der Waals surface area contributed by atoms with Gasteiger partial charge in [0.05, 0.1) is 6.04 Å². The van der Waals surface area contributed by atoms with Crippen molar-refractivity contribution in [3.8, 4) is 5.75 Å². The quantitative estimate of drug-likeness (QED) is 0.837. The molecule has 1 fully saturated rings. The lowest BCUT2D eigenvalue weighted by Gasteiger charge is -2.20. The first-order chi connectivity index (χ1) is 7.88. The van der Waals surface area contributed by atoms with Gasteiger partial charge >= 0.3 is 0 Å². The molecule has 0 saturated heterocycles. The number of ether oxygens (including phenoxy) is 1. The van der Waals surface area contributed by atoms with Gasteiger partial charge in [0.2, 0.25) is 0 Å². The zero-order valence-electron chi connectivity index (χ0n) is 9.78. The summed E-state index contributed by atoms with van der Waals surface area (Å²) in [5.41, 5.74) is 1.33. The van der Waals surface area contributed by atoms with Crippen LogP contribution in [0.4, 0.5) is 0 Å². The fourth-order valence-electron chi connectivity index (χ4n) is 2.64. The van der Waals surface area contributed by atoms with E-state index in [-0.39, 0.29) is 0 Å². The van der Waals surface area contributed by atoms with E-state index in [2.05, 4.69) is 30.4 Å². The highest BCUT2D eigenvalue weighted by atomic mass is 16.5. The van der Waals surface area contributed by atoms with Crippen molar-refractivity contribution in [2.45, 2.75) is 38.3 Å². The summed E-state index contributed by atoms with van der Waals surface area (Å²) in [6, 6.07) is 9.47. The van der Waals surface area contributed by atoms with Gasteiger partial charge in [-0.05, 0) is 31.2 Å². The summed E-state index contributed by atoms with van der Waals surface area (Å²) < 4.78 is 5.69. The van der Waals surface area contributed by atoms with Gasteiger partial charge < -0.3 is 10.1 Å². The minimum Gasteiger partial charge on any atom is -0.491 e. The van der Waals surface area contributed by atoms with Crippen LogP contribution < -0.4 is 10.1 Å². The van der Waals surface area contributed by atoms with Gasteiger partial charge in [0.15, 0.2) is 0 Å². The van der Waals surface area contributed by atoms with Crippen LogP contribution in [0.25, 0.3) is 0 Å². The molecule has 2 nitrogen and oxygen atoms in total. The van der Waals surface area contributed by atoms with E-state index in [4.69, 9.17) is 4.74 Å². The van der Waals surface area contributed by atoms with E-state index in [1.165, 1.54) is 24.8 Å². The van der Waals surface area contributed by atoms with Gasteiger partial charge in [-0.25, -0.2) is 0 Å². The first-order valence-electron chi connectivity index (χ1n) is 6.36. The zero-order chi connectivity index (χ0) is 11.0. The Bertz CT molecular complexity index is 373. The van der Waals surface area contributed by atoms with E-state index < -0.39 is 0 Å². The second kappa shape index (κ2) is 4.10. The minimum absolute atomic E-state index is 0.404. The van der Waals surface area contributed by atoms with E-state index in [0.29, 0.717) is 12.1 Å². The van der Waals surface area contributed by atoms with Crippen molar-refractivity contribution in [1.29, 1.82) is 0 Å². The Labute approximate surface area is 97.0 Å². The summed E-state index contributed by atoms with van der Waals surface area (Å²) in [4.78, 5) is 0. The van der Waals surface area contributed by atoms with Crippen molar-refractivity contribution >= 4 is 0 Å². The van der Waals surface area contributed by atoms with Gasteiger partial charge in [0, 0.05) is 11.6 Å². The van der Waals surface area contributed by atoms with Crippen molar-refractivity contribution in [3.63, 3.8) is 0 Å². The molecule has 2 unspecified atom stereocenters. The van der Waals surface area contributed by atoms with Crippen LogP contribution in [0.2, 0.25) is 0 Å². The number of hydrogen-bond acceptors (Lipinski definition) is 2. The van der Waals surface area contributed by atoms with E-state index in [0.717, 1.165) is 18.3 Å². The highest BCUT2D eigenvalue weighted by molar-refractivity contribution is 5.39. The summed E-state index contributed by atoms with van der Waals surface area (Å²) in [5.74, 6) is 1.98. The topological polar surface area (TPSA) is 21.3 Å². The fourth-order valence-corrected chi connectivity index (χ4v) is 2.64. The predicted molar refractivity (Wildman–Crippen MR) is 64.6 cm³/mol. The largest absolute Gasteiger partial charge is 0.491 e. The van der Waals surface area contributed by atoms with Crippen LogP contribution in [0.3, 0.4) is 0 Å². The van der Waals surface area contributed by atoms with Crippen LogP contribution in [-0.2, 0) is 0 Å². The van der Waals surface area contributed by atoms with E-state index in [9.17, 15) is 0 Å². The lowest BCUT2D eigenvalue weighted by atomic mass is 10.0. The molecule has 2 heteroatoms. The lowest BCUT2D eigenvalue weighted by molar-refractivity contribution is 0.287. The Balaban J connectivity index is 1.72. The SMILES string of the molecule is CCC(NC1COc2ccccc21)C1CC1. The van der Waals surface area contributed by atoms with Crippen LogP contribution in [0.5, 0.6) is 5.75 Å². The third kappa shape index (κ3) is 1.82. The maximum Gasteiger partial charge on any atom is 0.124 e. The Morgan fingerprint density at radius 1 is 1.38 bits per heavy atom. The standard InChI is InChI=1S/C14H19NO/c1-2-12(10-7-8-10)15-13-9-16-14-6-4-3-5-11(13)14/h3-6,10,12-13,15H,2,7-9H2,1H3. The van der Waals surface area contributed by atoms with Gasteiger partial charge in [0.25, 0.3) is 0 Å². The summed E-state index contributed by atoms with van der Waals surface area (Å²) in [6.07, 6.45) is 4.03. The Morgan fingerprint density at radius 3 is 2.94 bits per heavy atom. The predicted octanol–water partition coefficient (Wildman–Crippen LogP) is 2.90. The molecule has 2 atom stereocenters. The van der Waals surface area contributed by atoms with Crippen LogP contribution in [0, 0.1) is 5.92 Å². The lowest BCUT2D eigenvalue weighted by Crippen LogP contribution is -2.34. The summed E-state index contributed by atoms with van der Waals surface area (Å²) >= 11 is 0. The van der Waals surface area contributed by atoms with E-state index >= 15 is 0 Å². The molecule has 1 aliphatic carbocycles. The van der Waals surface area contributed by atoms with Gasteiger partial charge in [-0.1, -0.05) is 25.1 Å². The normalized spacial score (nSPS) is 24.9. The van der Waals surface area contributed by atoms with Gasteiger partial charge in [-0.2, -0.15) is 0 Å². The smallest absolute Gasteiger partial charge is 0.124 e. The molecule has 0 bridgehead atoms. The third-order valence-corrected chi connectivity index (χ3v) is 3.75. The van der Waals surface area contributed by atoms with Crippen molar-refractivity contribution in [2.24, 2.45) is 5.92 Å². The molecule has 1 aromatic rings. The molecular formula is C14H19NO. The first kappa shape index (κ1) is 10.2. The molecule has 2 aliphatic rings. The average Bonchev–Trinajstić information content (AvgIpc) is 3.08. The number of para-hydroxylation sites is 1. The molecule has 86 valence electrons. The second-order valence-electron chi connectivity index (χ2n) is 4.92. The van der Waals surface area contributed by atoms with Crippen LogP contribution >= 0.6 is 0 Å². The molecule has 0 aromatic heterocycles. The van der Waals surface area contributed by atoms with E-state index in [1.807, 2.05) is 6.07 Å². The van der Waals surface area contributed by atoms with Gasteiger partial charge in [-0.3, -0.25) is 0 Å². The monoisotopic (exact) mass is 217 g/mol. The zero-order valence-corrected chi connectivity index (χ0v) is 9.78. The number of nitrogens with one attached hydrogen (secondary N) is 1. The molecule has 16 heavy (non-hydrogen) atoms. The minimum atomic E-state index is 0.404. The molecule has 0 radical (unpaired) electrons. The highest BCUT2D eigenvalue weighted by Crippen LogP contribution is 2.37. The molecule has 0 amide bonds. The maximum absolute atomic E-state index is 5.69. The van der Waals surface area contributed by atoms with Crippen molar-refractivity contribution in [2.75, 3.05) is 6.61 Å². The van der Waals surface area contributed by atoms with Crippen molar-refractivity contribution in [3.05, 3.63) is 29.8 Å². The van der Waals surface area contributed by atoms with Gasteiger partial charge in [-0.15, -0.1) is 0 Å². The second-order valence-corrected chi connectivity index (χ2v) is 4.92. The Morgan fingerprint density at radius 2 is 2.19 bits per heavy atom. The Kier molecular flexibility index (Phi) is 2.60. The molecule has 1 N–H and O–H groups in total. The molecule has 1 aromatic carbocycles. The fraction of sp³-hybridized carbons (Fsp3) is 0.571. The van der Waals surface area contributed by atoms with Crippen LogP contribution in [-0.4, -0.2) is 12.6 Å². The molecule has 1 saturated carbocycles.